The Hall–Kier alpha value is -2.32. The standard InChI is InChI=1S/C16H28N2O7/c1-9(2)12(18-15(23)25-16(3,4)5)13(21)17-10(14(22)24-6)7-8-11(19)20/h9-10,12H,7-8H2,1-6H3,(H,17,21)(H,18,23)(H,19,20)/t10-,12+/m1/s1. The zero-order chi connectivity index (χ0) is 19.8. The van der Waals surface area contributed by atoms with Crippen LogP contribution in [0.1, 0.15) is 47.5 Å². The molecule has 144 valence electrons. The highest BCUT2D eigenvalue weighted by atomic mass is 16.6. The zero-order valence-corrected chi connectivity index (χ0v) is 15.5. The van der Waals surface area contributed by atoms with E-state index < -0.39 is 41.6 Å². The molecular formula is C16H28N2O7. The largest absolute Gasteiger partial charge is 0.481 e. The lowest BCUT2D eigenvalue weighted by Gasteiger charge is -2.26. The van der Waals surface area contributed by atoms with Crippen LogP contribution in [0.15, 0.2) is 0 Å². The molecule has 0 aliphatic carbocycles. The number of hydrogen-bond donors (Lipinski definition) is 3. The first-order valence-electron chi connectivity index (χ1n) is 7.97. The summed E-state index contributed by atoms with van der Waals surface area (Å²) in [5.41, 5.74) is -0.724. The minimum atomic E-state index is -1.12. The van der Waals surface area contributed by atoms with Gasteiger partial charge in [-0.05, 0) is 33.1 Å². The van der Waals surface area contributed by atoms with Gasteiger partial charge < -0.3 is 25.2 Å². The van der Waals surface area contributed by atoms with E-state index in [1.54, 1.807) is 34.6 Å². The third-order valence-electron chi connectivity index (χ3n) is 3.07. The van der Waals surface area contributed by atoms with Crippen molar-refractivity contribution in [2.75, 3.05) is 7.11 Å². The van der Waals surface area contributed by atoms with Gasteiger partial charge in [0.1, 0.15) is 17.7 Å². The number of alkyl carbamates (subject to hydrolysis) is 1. The fraction of sp³-hybridized carbons (Fsp3) is 0.750. The molecular weight excluding hydrogens is 332 g/mol. The van der Waals surface area contributed by atoms with Crippen LogP contribution in [0, 0.1) is 5.92 Å². The Balaban J connectivity index is 5.02. The number of carbonyl (C=O) groups excluding carboxylic acids is 3. The van der Waals surface area contributed by atoms with Crippen molar-refractivity contribution < 1.29 is 33.8 Å². The molecule has 25 heavy (non-hydrogen) atoms. The van der Waals surface area contributed by atoms with Crippen LogP contribution < -0.4 is 10.6 Å². The average Bonchev–Trinajstić information content (AvgIpc) is 2.45. The van der Waals surface area contributed by atoms with E-state index in [-0.39, 0.29) is 18.8 Å². The van der Waals surface area contributed by atoms with Gasteiger partial charge in [0.2, 0.25) is 5.91 Å². The molecule has 0 heterocycles. The molecule has 0 aromatic rings. The normalized spacial score (nSPS) is 13.6. The summed E-state index contributed by atoms with van der Waals surface area (Å²) >= 11 is 0. The van der Waals surface area contributed by atoms with Crippen LogP contribution in [0.2, 0.25) is 0 Å². The van der Waals surface area contributed by atoms with Gasteiger partial charge in [-0.25, -0.2) is 9.59 Å². The van der Waals surface area contributed by atoms with Gasteiger partial charge in [0, 0.05) is 6.42 Å². The second-order valence-electron chi connectivity index (χ2n) is 6.88. The quantitative estimate of drug-likeness (QED) is 0.551. The highest BCUT2D eigenvalue weighted by Gasteiger charge is 2.30. The Morgan fingerprint density at radius 3 is 2.04 bits per heavy atom. The Morgan fingerprint density at radius 2 is 1.64 bits per heavy atom. The zero-order valence-electron chi connectivity index (χ0n) is 15.5. The van der Waals surface area contributed by atoms with Gasteiger partial charge in [0.05, 0.1) is 7.11 Å². The van der Waals surface area contributed by atoms with Crippen LogP contribution >= 0.6 is 0 Å². The van der Waals surface area contributed by atoms with Crippen molar-refractivity contribution in [3.05, 3.63) is 0 Å². The maximum absolute atomic E-state index is 12.4. The topological polar surface area (TPSA) is 131 Å². The van der Waals surface area contributed by atoms with Gasteiger partial charge in [0.15, 0.2) is 0 Å². The second kappa shape index (κ2) is 9.85. The lowest BCUT2D eigenvalue weighted by molar-refractivity contribution is -0.146. The summed E-state index contributed by atoms with van der Waals surface area (Å²) in [6.45, 7) is 8.50. The molecule has 0 saturated heterocycles. The number of carboxylic acids is 1. The van der Waals surface area contributed by atoms with E-state index >= 15 is 0 Å². The summed E-state index contributed by atoms with van der Waals surface area (Å²) in [5.74, 6) is -2.77. The van der Waals surface area contributed by atoms with Gasteiger partial charge in [-0.2, -0.15) is 0 Å². The highest BCUT2D eigenvalue weighted by molar-refractivity contribution is 5.90. The first kappa shape index (κ1) is 22.7. The highest BCUT2D eigenvalue weighted by Crippen LogP contribution is 2.10. The number of esters is 1. The predicted octanol–water partition coefficient (Wildman–Crippen LogP) is 1.06. The Morgan fingerprint density at radius 1 is 1.08 bits per heavy atom. The molecule has 0 aliphatic rings. The van der Waals surface area contributed by atoms with Crippen molar-refractivity contribution in [3.8, 4) is 0 Å². The predicted molar refractivity (Wildman–Crippen MR) is 88.8 cm³/mol. The smallest absolute Gasteiger partial charge is 0.408 e. The average molecular weight is 360 g/mol. The summed E-state index contributed by atoms with van der Waals surface area (Å²) in [5, 5.41) is 13.6. The Kier molecular flexibility index (Phi) is 8.94. The lowest BCUT2D eigenvalue weighted by atomic mass is 10.0. The summed E-state index contributed by atoms with van der Waals surface area (Å²) in [6.07, 6.45) is -1.20. The summed E-state index contributed by atoms with van der Waals surface area (Å²) in [7, 11) is 1.14. The molecule has 0 spiro atoms. The maximum Gasteiger partial charge on any atom is 0.408 e. The number of amides is 2. The number of methoxy groups -OCH3 is 1. The number of nitrogens with one attached hydrogen (secondary N) is 2. The van der Waals surface area contributed by atoms with Gasteiger partial charge in [-0.15, -0.1) is 0 Å². The molecule has 9 heteroatoms. The number of aliphatic carboxylic acids is 1. The molecule has 2 amide bonds. The number of hydrogen-bond acceptors (Lipinski definition) is 6. The van der Waals surface area contributed by atoms with Crippen molar-refractivity contribution in [2.24, 2.45) is 5.92 Å². The third-order valence-corrected chi connectivity index (χ3v) is 3.07. The lowest BCUT2D eigenvalue weighted by Crippen LogP contribution is -2.54. The molecule has 0 rings (SSSR count). The molecule has 0 bridgehead atoms. The van der Waals surface area contributed by atoms with Gasteiger partial charge in [0.25, 0.3) is 0 Å². The summed E-state index contributed by atoms with van der Waals surface area (Å²) < 4.78 is 9.70. The number of ether oxygens (including phenoxy) is 2. The van der Waals surface area contributed by atoms with Crippen molar-refractivity contribution in [2.45, 2.75) is 65.1 Å². The monoisotopic (exact) mass is 360 g/mol. The third kappa shape index (κ3) is 9.53. The maximum atomic E-state index is 12.4. The van der Waals surface area contributed by atoms with Crippen LogP contribution in [0.25, 0.3) is 0 Å². The minimum Gasteiger partial charge on any atom is -0.481 e. The molecule has 0 fully saturated rings. The van der Waals surface area contributed by atoms with E-state index in [0.717, 1.165) is 7.11 Å². The van der Waals surface area contributed by atoms with Crippen LogP contribution in [0.3, 0.4) is 0 Å². The van der Waals surface area contributed by atoms with E-state index in [2.05, 4.69) is 15.4 Å². The van der Waals surface area contributed by atoms with E-state index in [9.17, 15) is 19.2 Å². The van der Waals surface area contributed by atoms with E-state index in [4.69, 9.17) is 9.84 Å². The molecule has 9 nitrogen and oxygen atoms in total. The fourth-order valence-corrected chi connectivity index (χ4v) is 1.89. The molecule has 0 radical (unpaired) electrons. The number of rotatable bonds is 8. The van der Waals surface area contributed by atoms with Crippen LogP contribution in [0.5, 0.6) is 0 Å². The molecule has 3 N–H and O–H groups in total. The van der Waals surface area contributed by atoms with Crippen LogP contribution in [-0.2, 0) is 23.9 Å². The Bertz CT molecular complexity index is 497. The second-order valence-corrected chi connectivity index (χ2v) is 6.88. The minimum absolute atomic E-state index is 0.120. The van der Waals surface area contributed by atoms with Crippen molar-refractivity contribution in [1.29, 1.82) is 0 Å². The van der Waals surface area contributed by atoms with E-state index in [1.165, 1.54) is 0 Å². The number of carboxylic acid groups (broad SMARTS) is 1. The van der Waals surface area contributed by atoms with Crippen molar-refractivity contribution in [1.82, 2.24) is 10.6 Å². The van der Waals surface area contributed by atoms with Gasteiger partial charge in [-0.3, -0.25) is 9.59 Å². The first-order valence-corrected chi connectivity index (χ1v) is 7.97. The fourth-order valence-electron chi connectivity index (χ4n) is 1.89. The van der Waals surface area contributed by atoms with E-state index in [0.29, 0.717) is 0 Å². The molecule has 0 aliphatic heterocycles. The molecule has 2 atom stereocenters. The number of carbonyl (C=O) groups is 4. The molecule has 0 aromatic heterocycles. The first-order chi connectivity index (χ1) is 11.4. The van der Waals surface area contributed by atoms with Crippen LogP contribution in [0.4, 0.5) is 4.79 Å². The summed E-state index contributed by atoms with van der Waals surface area (Å²) in [6, 6.07) is -2.07. The molecule has 0 unspecified atom stereocenters. The molecule has 0 saturated carbocycles. The van der Waals surface area contributed by atoms with Crippen molar-refractivity contribution >= 4 is 23.9 Å². The summed E-state index contributed by atoms with van der Waals surface area (Å²) in [4.78, 5) is 46.7. The SMILES string of the molecule is COC(=O)[C@@H](CCC(=O)O)NC(=O)[C@@H](NC(=O)OC(C)(C)C)C(C)C. The molecule has 0 aromatic carbocycles. The van der Waals surface area contributed by atoms with E-state index in [1.807, 2.05) is 0 Å². The van der Waals surface area contributed by atoms with Crippen LogP contribution in [-0.4, -0.2) is 53.8 Å². The van der Waals surface area contributed by atoms with Gasteiger partial charge in [-0.1, -0.05) is 13.8 Å². The van der Waals surface area contributed by atoms with Gasteiger partial charge >= 0.3 is 18.0 Å². The Labute approximate surface area is 147 Å². The van der Waals surface area contributed by atoms with Crippen molar-refractivity contribution in [3.63, 3.8) is 0 Å².